The van der Waals surface area contributed by atoms with Gasteiger partial charge in [-0.1, -0.05) is 42.5 Å². The zero-order valence-electron chi connectivity index (χ0n) is 20.0. The molecule has 4 rings (SSSR count). The standard InChI is InChI=1S/C27H27FN2O6S/c28-24-9-11-25(12-10-24)37(33,34)29-26(31)23-8-4-7-21(16-23)15-22-17-30(13-14-35-18-22)27(32)36-19-20-5-2-1-3-6-20/h1-12,16,22H,13-15,17-19H2,(H,29,31). The number of carbonyl (C=O) groups is 2. The summed E-state index contributed by atoms with van der Waals surface area (Å²) in [6.07, 6.45) is 0.0902. The van der Waals surface area contributed by atoms with Gasteiger partial charge >= 0.3 is 6.09 Å². The average molecular weight is 527 g/mol. The van der Waals surface area contributed by atoms with Crippen molar-refractivity contribution in [2.75, 3.05) is 26.3 Å². The Morgan fingerprint density at radius 3 is 2.49 bits per heavy atom. The number of nitrogens with one attached hydrogen (secondary N) is 1. The summed E-state index contributed by atoms with van der Waals surface area (Å²) in [7, 11) is -4.16. The molecule has 3 aromatic carbocycles. The molecule has 0 aliphatic carbocycles. The van der Waals surface area contributed by atoms with E-state index < -0.39 is 27.8 Å². The number of nitrogens with zero attached hydrogens (tertiary/aromatic N) is 1. The number of carbonyl (C=O) groups excluding carboxylic acids is 2. The van der Waals surface area contributed by atoms with E-state index in [-0.39, 0.29) is 23.0 Å². The van der Waals surface area contributed by atoms with E-state index >= 15 is 0 Å². The lowest BCUT2D eigenvalue weighted by Crippen LogP contribution is -2.36. The highest BCUT2D eigenvalue weighted by Gasteiger charge is 2.25. The molecule has 1 heterocycles. The highest BCUT2D eigenvalue weighted by Crippen LogP contribution is 2.17. The van der Waals surface area contributed by atoms with Crippen LogP contribution in [0.1, 0.15) is 21.5 Å². The van der Waals surface area contributed by atoms with Gasteiger partial charge in [0.05, 0.1) is 18.1 Å². The molecule has 1 unspecified atom stereocenters. The van der Waals surface area contributed by atoms with Gasteiger partial charge < -0.3 is 14.4 Å². The number of halogens is 1. The van der Waals surface area contributed by atoms with Gasteiger partial charge in [-0.05, 0) is 53.9 Å². The predicted octanol–water partition coefficient (Wildman–Crippen LogP) is 3.77. The van der Waals surface area contributed by atoms with Gasteiger partial charge in [0.25, 0.3) is 15.9 Å². The van der Waals surface area contributed by atoms with E-state index in [2.05, 4.69) is 0 Å². The first-order valence-electron chi connectivity index (χ1n) is 11.8. The third-order valence-corrected chi connectivity index (χ3v) is 7.21. The molecule has 10 heteroatoms. The quantitative estimate of drug-likeness (QED) is 0.503. The van der Waals surface area contributed by atoms with Crippen molar-refractivity contribution in [1.82, 2.24) is 9.62 Å². The Kier molecular flexibility index (Phi) is 8.52. The second-order valence-corrected chi connectivity index (χ2v) is 10.4. The van der Waals surface area contributed by atoms with Crippen LogP contribution in [0, 0.1) is 11.7 Å². The molecule has 37 heavy (non-hydrogen) atoms. The molecule has 0 radical (unpaired) electrons. The fraction of sp³-hybridized carbons (Fsp3) is 0.259. The molecule has 1 fully saturated rings. The van der Waals surface area contributed by atoms with Crippen molar-refractivity contribution in [2.24, 2.45) is 5.92 Å². The molecule has 1 atom stereocenters. The molecular formula is C27H27FN2O6S. The normalized spacial score (nSPS) is 16.0. The molecule has 0 aromatic heterocycles. The molecule has 1 aliphatic rings. The van der Waals surface area contributed by atoms with E-state index in [0.717, 1.165) is 35.4 Å². The average Bonchev–Trinajstić information content (AvgIpc) is 3.14. The number of sulfonamides is 1. The Morgan fingerprint density at radius 1 is 1.00 bits per heavy atom. The Bertz CT molecular complexity index is 1330. The number of ether oxygens (including phenoxy) is 2. The maximum Gasteiger partial charge on any atom is 0.410 e. The van der Waals surface area contributed by atoms with Crippen LogP contribution in [-0.2, 0) is 32.5 Å². The first-order chi connectivity index (χ1) is 17.8. The summed E-state index contributed by atoms with van der Waals surface area (Å²) in [6.45, 7) is 1.83. The molecule has 0 spiro atoms. The minimum atomic E-state index is -4.16. The first kappa shape index (κ1) is 26.3. The van der Waals surface area contributed by atoms with Crippen LogP contribution in [0.15, 0.2) is 83.8 Å². The Morgan fingerprint density at radius 2 is 1.73 bits per heavy atom. The van der Waals surface area contributed by atoms with Gasteiger partial charge in [-0.2, -0.15) is 0 Å². The van der Waals surface area contributed by atoms with E-state index in [1.807, 2.05) is 41.1 Å². The van der Waals surface area contributed by atoms with Crippen LogP contribution in [0.25, 0.3) is 0 Å². The van der Waals surface area contributed by atoms with E-state index in [4.69, 9.17) is 9.47 Å². The van der Waals surface area contributed by atoms with Crippen LogP contribution in [0.5, 0.6) is 0 Å². The van der Waals surface area contributed by atoms with Crippen molar-refractivity contribution in [3.63, 3.8) is 0 Å². The summed E-state index contributed by atoms with van der Waals surface area (Å²) in [5.41, 5.74) is 1.85. The second-order valence-electron chi connectivity index (χ2n) is 8.72. The van der Waals surface area contributed by atoms with Crippen LogP contribution >= 0.6 is 0 Å². The van der Waals surface area contributed by atoms with Gasteiger partial charge in [-0.15, -0.1) is 0 Å². The summed E-state index contributed by atoms with van der Waals surface area (Å²) in [5.74, 6) is -1.43. The van der Waals surface area contributed by atoms with Crippen LogP contribution in [0.4, 0.5) is 9.18 Å². The molecule has 2 amide bonds. The third-order valence-electron chi connectivity index (χ3n) is 5.87. The zero-order chi connectivity index (χ0) is 26.3. The molecule has 1 N–H and O–H groups in total. The second kappa shape index (κ2) is 12.0. The molecule has 3 aromatic rings. The van der Waals surface area contributed by atoms with Gasteiger partial charge in [-0.25, -0.2) is 22.3 Å². The van der Waals surface area contributed by atoms with Crippen molar-refractivity contribution >= 4 is 22.0 Å². The monoisotopic (exact) mass is 526 g/mol. The Labute approximate surface area is 215 Å². The fourth-order valence-electron chi connectivity index (χ4n) is 4.01. The number of hydrogen-bond acceptors (Lipinski definition) is 6. The fourth-order valence-corrected chi connectivity index (χ4v) is 4.98. The summed E-state index contributed by atoms with van der Waals surface area (Å²) in [6, 6.07) is 20.2. The van der Waals surface area contributed by atoms with Gasteiger partial charge in [0.1, 0.15) is 12.4 Å². The lowest BCUT2D eigenvalue weighted by atomic mass is 9.98. The molecule has 0 saturated carbocycles. The molecule has 1 saturated heterocycles. The van der Waals surface area contributed by atoms with Crippen molar-refractivity contribution in [3.05, 3.63) is 101 Å². The predicted molar refractivity (Wildman–Crippen MR) is 134 cm³/mol. The molecule has 8 nitrogen and oxygen atoms in total. The summed E-state index contributed by atoms with van der Waals surface area (Å²) in [5, 5.41) is 0. The van der Waals surface area contributed by atoms with Gasteiger partial charge in [0.15, 0.2) is 0 Å². The third kappa shape index (κ3) is 7.37. The smallest absolute Gasteiger partial charge is 0.410 e. The van der Waals surface area contributed by atoms with Gasteiger partial charge in [0.2, 0.25) is 0 Å². The van der Waals surface area contributed by atoms with Crippen molar-refractivity contribution in [2.45, 2.75) is 17.9 Å². The van der Waals surface area contributed by atoms with E-state index in [9.17, 15) is 22.4 Å². The molecular weight excluding hydrogens is 499 g/mol. The lowest BCUT2D eigenvalue weighted by Gasteiger charge is -2.23. The topological polar surface area (TPSA) is 102 Å². The first-order valence-corrected chi connectivity index (χ1v) is 13.2. The number of hydrogen-bond donors (Lipinski definition) is 1. The molecule has 0 bridgehead atoms. The largest absolute Gasteiger partial charge is 0.445 e. The summed E-state index contributed by atoms with van der Waals surface area (Å²) in [4.78, 5) is 26.7. The van der Waals surface area contributed by atoms with E-state index in [1.165, 1.54) is 6.07 Å². The van der Waals surface area contributed by atoms with Crippen LogP contribution in [0.3, 0.4) is 0 Å². The highest BCUT2D eigenvalue weighted by atomic mass is 32.2. The Balaban J connectivity index is 1.37. The van der Waals surface area contributed by atoms with Gasteiger partial charge in [-0.3, -0.25) is 4.79 Å². The van der Waals surface area contributed by atoms with E-state index in [0.29, 0.717) is 32.7 Å². The number of benzene rings is 3. The SMILES string of the molecule is O=C(NS(=O)(=O)c1ccc(F)cc1)c1cccc(CC2COCCN(C(=O)OCc3ccccc3)C2)c1. The Hall–Kier alpha value is -3.76. The number of amides is 2. The van der Waals surface area contributed by atoms with E-state index in [1.54, 1.807) is 17.0 Å². The zero-order valence-corrected chi connectivity index (χ0v) is 20.8. The van der Waals surface area contributed by atoms with Crippen LogP contribution < -0.4 is 4.72 Å². The van der Waals surface area contributed by atoms with Crippen molar-refractivity contribution in [3.8, 4) is 0 Å². The molecule has 194 valence electrons. The van der Waals surface area contributed by atoms with Crippen molar-refractivity contribution < 1.29 is 31.9 Å². The van der Waals surface area contributed by atoms with Crippen LogP contribution in [0.2, 0.25) is 0 Å². The van der Waals surface area contributed by atoms with Gasteiger partial charge in [0, 0.05) is 24.6 Å². The van der Waals surface area contributed by atoms with Crippen molar-refractivity contribution in [1.29, 1.82) is 0 Å². The maximum atomic E-state index is 13.1. The minimum absolute atomic E-state index is 0.0481. The maximum absolute atomic E-state index is 13.1. The lowest BCUT2D eigenvalue weighted by molar-refractivity contribution is 0.0914. The number of rotatable bonds is 7. The van der Waals surface area contributed by atoms with Crippen LogP contribution in [-0.4, -0.2) is 51.6 Å². The summed E-state index contributed by atoms with van der Waals surface area (Å²) >= 11 is 0. The highest BCUT2D eigenvalue weighted by molar-refractivity contribution is 7.90. The molecule has 1 aliphatic heterocycles. The summed E-state index contributed by atoms with van der Waals surface area (Å²) < 4.78 is 51.3. The minimum Gasteiger partial charge on any atom is -0.445 e.